The molecule has 7 aliphatic rings. The van der Waals surface area contributed by atoms with Gasteiger partial charge in [0.25, 0.3) is 5.79 Å². The maximum absolute atomic E-state index is 13.3. The smallest absolute Gasteiger partial charge is 0.331 e. The van der Waals surface area contributed by atoms with Crippen molar-refractivity contribution in [2.75, 3.05) is 6.61 Å². The number of carbonyl (C=O) groups excluding carboxylic acids is 4. The summed E-state index contributed by atoms with van der Waals surface area (Å²) in [6.07, 6.45) is 2.71. The van der Waals surface area contributed by atoms with Crippen LogP contribution in [0.2, 0.25) is 0 Å². The summed E-state index contributed by atoms with van der Waals surface area (Å²) < 4.78 is 35.1. The molecule has 12 nitrogen and oxygen atoms in total. The normalized spacial score (nSPS) is 49.9. The number of allylic oxidation sites excluding steroid dienone is 1. The molecule has 2 saturated heterocycles. The summed E-state index contributed by atoms with van der Waals surface area (Å²) >= 11 is 0. The molecule has 12 heteroatoms. The number of aldehydes is 1. The van der Waals surface area contributed by atoms with Crippen LogP contribution in [0.4, 0.5) is 0 Å². The Bertz CT molecular complexity index is 1370. The lowest BCUT2D eigenvalue weighted by molar-refractivity contribution is -0.453. The van der Waals surface area contributed by atoms with E-state index in [2.05, 4.69) is 0 Å². The van der Waals surface area contributed by atoms with Gasteiger partial charge in [0.15, 0.2) is 6.10 Å². The van der Waals surface area contributed by atoms with Crippen molar-refractivity contribution in [2.45, 2.75) is 121 Å². The van der Waals surface area contributed by atoms with Crippen molar-refractivity contribution in [1.82, 2.24) is 0 Å². The molecular formula is C33H42O12. The van der Waals surface area contributed by atoms with Gasteiger partial charge in [-0.1, -0.05) is 18.6 Å². The number of rotatable bonds is 4. The highest BCUT2D eigenvalue weighted by Gasteiger charge is 2.72. The van der Waals surface area contributed by atoms with Crippen LogP contribution in [0.3, 0.4) is 0 Å². The largest absolute Gasteiger partial charge is 0.462 e. The van der Waals surface area contributed by atoms with Crippen LogP contribution < -0.4 is 0 Å². The first-order chi connectivity index (χ1) is 21.2. The molecule has 0 spiro atoms. The van der Waals surface area contributed by atoms with Gasteiger partial charge in [0.2, 0.25) is 6.29 Å². The van der Waals surface area contributed by atoms with Gasteiger partial charge in [-0.25, -0.2) is 4.79 Å². The van der Waals surface area contributed by atoms with Crippen LogP contribution in [0.5, 0.6) is 0 Å². The lowest BCUT2D eigenvalue weighted by Gasteiger charge is -2.62. The van der Waals surface area contributed by atoms with Gasteiger partial charge in [-0.2, -0.15) is 0 Å². The predicted octanol–water partition coefficient (Wildman–Crippen LogP) is 2.03. The van der Waals surface area contributed by atoms with E-state index >= 15 is 0 Å². The fourth-order valence-electron chi connectivity index (χ4n) is 10.3. The second-order valence-corrected chi connectivity index (χ2v) is 14.5. The van der Waals surface area contributed by atoms with E-state index in [0.717, 1.165) is 11.9 Å². The quantitative estimate of drug-likeness (QED) is 0.201. The number of hydrogen-bond donors (Lipinski definition) is 2. The Morgan fingerprint density at radius 1 is 1.07 bits per heavy atom. The molecule has 0 amide bonds. The summed E-state index contributed by atoms with van der Waals surface area (Å²) in [4.78, 5) is 49.5. The highest BCUT2D eigenvalue weighted by atomic mass is 16.8. The van der Waals surface area contributed by atoms with Crippen LogP contribution in [0.1, 0.15) is 72.6 Å². The molecule has 45 heavy (non-hydrogen) atoms. The number of fused-ring (bicyclic) bond motifs is 7. The van der Waals surface area contributed by atoms with E-state index < -0.39 is 76.7 Å². The summed E-state index contributed by atoms with van der Waals surface area (Å²) in [5.74, 6) is -4.56. The van der Waals surface area contributed by atoms with Crippen molar-refractivity contribution in [3.8, 4) is 0 Å². The van der Waals surface area contributed by atoms with E-state index in [1.807, 2.05) is 19.9 Å². The van der Waals surface area contributed by atoms with Gasteiger partial charge in [-0.15, -0.1) is 0 Å². The summed E-state index contributed by atoms with van der Waals surface area (Å²) in [6.45, 7) is 6.50. The molecule has 2 N–H and O–H groups in total. The van der Waals surface area contributed by atoms with E-state index in [1.165, 1.54) is 19.9 Å². The molecule has 0 bridgehead atoms. The Kier molecular flexibility index (Phi) is 7.18. The van der Waals surface area contributed by atoms with Crippen LogP contribution >= 0.6 is 0 Å². The number of esters is 3. The molecule has 4 aliphatic carbocycles. The van der Waals surface area contributed by atoms with Gasteiger partial charge >= 0.3 is 17.9 Å². The first kappa shape index (κ1) is 31.0. The molecule has 3 saturated carbocycles. The number of carbonyl (C=O) groups is 4. The third-order valence-corrected chi connectivity index (χ3v) is 12.1. The molecule has 0 aromatic carbocycles. The first-order valence-electron chi connectivity index (χ1n) is 16.0. The van der Waals surface area contributed by atoms with E-state index in [4.69, 9.17) is 28.4 Å². The number of hydrogen-bond acceptors (Lipinski definition) is 12. The molecule has 13 atom stereocenters. The molecule has 0 radical (unpaired) electrons. The van der Waals surface area contributed by atoms with Gasteiger partial charge in [0.05, 0.1) is 29.3 Å². The van der Waals surface area contributed by atoms with Crippen molar-refractivity contribution in [2.24, 2.45) is 28.6 Å². The van der Waals surface area contributed by atoms with E-state index in [0.29, 0.717) is 31.3 Å². The minimum atomic E-state index is -2.05. The van der Waals surface area contributed by atoms with Crippen molar-refractivity contribution in [3.63, 3.8) is 0 Å². The maximum atomic E-state index is 13.3. The van der Waals surface area contributed by atoms with Crippen LogP contribution in [0.25, 0.3) is 0 Å². The molecule has 5 fully saturated rings. The average molecular weight is 631 g/mol. The average Bonchev–Trinajstić information content (AvgIpc) is 3.47. The third kappa shape index (κ3) is 4.42. The molecule has 0 aromatic rings. The van der Waals surface area contributed by atoms with Crippen LogP contribution in [0, 0.1) is 28.6 Å². The van der Waals surface area contributed by atoms with Crippen molar-refractivity contribution >= 4 is 24.2 Å². The van der Waals surface area contributed by atoms with Crippen LogP contribution in [0.15, 0.2) is 23.3 Å². The highest BCUT2D eigenvalue weighted by molar-refractivity contribution is 5.85. The lowest BCUT2D eigenvalue weighted by Crippen LogP contribution is -2.70. The molecule has 7 rings (SSSR count). The minimum Gasteiger partial charge on any atom is -0.462 e. The molecule has 246 valence electrons. The van der Waals surface area contributed by atoms with Crippen molar-refractivity contribution in [1.29, 1.82) is 0 Å². The first-order valence-corrected chi connectivity index (χ1v) is 16.0. The molecule has 3 aliphatic heterocycles. The standard InChI is InChI=1S/C33H42O12/c1-16-9-26(43-18(3)36)33(39)29(41-16)44-23-11-20-5-6-22-21(31(20,15-34)12-24(23)45-33)7-8-30(4)28(19-10-27(37)40-14-19)25(42-17(2)35)13-32(22,30)38/h5,10,15-16,21-26,28-29,38-39H,6-9,11-14H2,1-4H3. The highest BCUT2D eigenvalue weighted by Crippen LogP contribution is 2.69. The SMILES string of the molecule is CC(=O)OC1CC2(O)C3CC=C4CC5OC6OC(C)CC(OC(C)=O)C6(O)OC5CC4(C=O)C3CCC2(C)C1C1=CC(=O)OC1. The zero-order valence-electron chi connectivity index (χ0n) is 26.1. The van der Waals surface area contributed by atoms with E-state index in [1.54, 1.807) is 0 Å². The van der Waals surface area contributed by atoms with E-state index in [-0.39, 0.29) is 43.8 Å². The second-order valence-electron chi connectivity index (χ2n) is 14.5. The van der Waals surface area contributed by atoms with Gasteiger partial charge < -0.3 is 43.4 Å². The van der Waals surface area contributed by atoms with E-state index in [9.17, 15) is 29.4 Å². The Balaban J connectivity index is 1.22. The Morgan fingerprint density at radius 3 is 2.49 bits per heavy atom. The van der Waals surface area contributed by atoms with Crippen molar-refractivity contribution < 1.29 is 57.8 Å². The number of aliphatic hydroxyl groups is 2. The molecule has 3 heterocycles. The zero-order chi connectivity index (χ0) is 32.1. The summed E-state index contributed by atoms with van der Waals surface area (Å²) in [5.41, 5.74) is -1.43. The summed E-state index contributed by atoms with van der Waals surface area (Å²) in [7, 11) is 0. The Morgan fingerprint density at radius 2 is 1.82 bits per heavy atom. The predicted molar refractivity (Wildman–Crippen MR) is 152 cm³/mol. The lowest BCUT2D eigenvalue weighted by atomic mass is 9.45. The molecule has 13 unspecified atom stereocenters. The topological polar surface area (TPSA) is 164 Å². The van der Waals surface area contributed by atoms with Crippen molar-refractivity contribution in [3.05, 3.63) is 23.3 Å². The van der Waals surface area contributed by atoms with Gasteiger partial charge in [0.1, 0.15) is 19.0 Å². The van der Waals surface area contributed by atoms with Crippen LogP contribution in [-0.4, -0.2) is 89.2 Å². The van der Waals surface area contributed by atoms with Crippen LogP contribution in [-0.2, 0) is 47.6 Å². The molecular weight excluding hydrogens is 588 g/mol. The Hall–Kier alpha value is -2.64. The monoisotopic (exact) mass is 630 g/mol. The third-order valence-electron chi connectivity index (χ3n) is 12.1. The van der Waals surface area contributed by atoms with Gasteiger partial charge in [-0.3, -0.25) is 9.59 Å². The second kappa shape index (κ2) is 10.4. The van der Waals surface area contributed by atoms with Gasteiger partial charge in [-0.05, 0) is 56.4 Å². The number of ether oxygens (including phenoxy) is 6. The molecule has 0 aromatic heterocycles. The number of cyclic esters (lactones) is 1. The zero-order valence-corrected chi connectivity index (χ0v) is 26.1. The Labute approximate surface area is 261 Å². The fraction of sp³-hybridized carbons (Fsp3) is 0.758. The summed E-state index contributed by atoms with van der Waals surface area (Å²) in [6, 6.07) is 0. The fourth-order valence-corrected chi connectivity index (χ4v) is 10.3. The summed E-state index contributed by atoms with van der Waals surface area (Å²) in [5, 5.41) is 24.5. The minimum absolute atomic E-state index is 0.0878. The van der Waals surface area contributed by atoms with Gasteiger partial charge in [0, 0.05) is 44.1 Å². The maximum Gasteiger partial charge on any atom is 0.331 e.